The number of aryl methyl sites for hydroxylation is 2. The molecule has 3 heterocycles. The van der Waals surface area contributed by atoms with Crippen molar-refractivity contribution in [3.05, 3.63) is 35.7 Å². The smallest absolute Gasteiger partial charge is 0.273 e. The van der Waals surface area contributed by atoms with Crippen LogP contribution in [0.4, 0.5) is 0 Å². The van der Waals surface area contributed by atoms with E-state index in [4.69, 9.17) is 4.52 Å². The molecule has 0 spiro atoms. The molecule has 0 aromatic carbocycles. The van der Waals surface area contributed by atoms with Crippen molar-refractivity contribution in [2.24, 2.45) is 7.05 Å². The molecule has 1 saturated heterocycles. The summed E-state index contributed by atoms with van der Waals surface area (Å²) in [4.78, 5) is 31.5. The number of carbonyl (C=O) groups is 2. The van der Waals surface area contributed by atoms with Gasteiger partial charge in [0.15, 0.2) is 5.69 Å². The largest absolute Gasteiger partial charge is 0.361 e. The first-order valence-corrected chi connectivity index (χ1v) is 8.57. The molecule has 25 heavy (non-hydrogen) atoms. The van der Waals surface area contributed by atoms with Crippen LogP contribution in [0.2, 0.25) is 0 Å². The number of imidazole rings is 1. The molecule has 2 fully saturated rings. The number of carbonyl (C=O) groups excluding carboxylic acids is 2. The molecule has 1 aliphatic carbocycles. The van der Waals surface area contributed by atoms with Gasteiger partial charge in [-0.05, 0) is 26.2 Å². The van der Waals surface area contributed by atoms with Gasteiger partial charge in [0.05, 0.1) is 6.04 Å². The predicted molar refractivity (Wildman–Crippen MR) is 87.5 cm³/mol. The molecule has 2 atom stereocenters. The lowest BCUT2D eigenvalue weighted by molar-refractivity contribution is -0.138. The van der Waals surface area contributed by atoms with Crippen molar-refractivity contribution in [3.63, 3.8) is 0 Å². The molecule has 2 amide bonds. The maximum Gasteiger partial charge on any atom is 0.273 e. The van der Waals surface area contributed by atoms with Crippen LogP contribution in [0.25, 0.3) is 0 Å². The van der Waals surface area contributed by atoms with Gasteiger partial charge < -0.3 is 19.3 Å². The Kier molecular flexibility index (Phi) is 3.82. The predicted octanol–water partition coefficient (Wildman–Crippen LogP) is 1.34. The van der Waals surface area contributed by atoms with E-state index in [-0.39, 0.29) is 35.6 Å². The summed E-state index contributed by atoms with van der Waals surface area (Å²) in [5.74, 6) is 1.23. The van der Waals surface area contributed by atoms with E-state index in [1.807, 2.05) is 22.7 Å². The van der Waals surface area contributed by atoms with Gasteiger partial charge in [0.1, 0.15) is 17.6 Å². The molecule has 132 valence electrons. The van der Waals surface area contributed by atoms with E-state index in [1.165, 1.54) is 0 Å². The molecule has 2 aromatic rings. The van der Waals surface area contributed by atoms with Gasteiger partial charge in [-0.3, -0.25) is 9.59 Å². The normalized spacial score (nSPS) is 23.8. The summed E-state index contributed by atoms with van der Waals surface area (Å²) in [6, 6.07) is 1.40. The molecular formula is C17H21N5O3. The number of nitrogens with zero attached hydrogens (tertiary/aromatic N) is 4. The van der Waals surface area contributed by atoms with Crippen LogP contribution in [0.15, 0.2) is 23.0 Å². The Morgan fingerprint density at radius 2 is 2.16 bits per heavy atom. The Morgan fingerprint density at radius 3 is 2.76 bits per heavy atom. The molecule has 8 heteroatoms. The Bertz CT molecular complexity index is 807. The van der Waals surface area contributed by atoms with Crippen molar-refractivity contribution in [1.29, 1.82) is 0 Å². The lowest BCUT2D eigenvalue weighted by Crippen LogP contribution is -2.53. The second kappa shape index (κ2) is 6.02. The van der Waals surface area contributed by atoms with E-state index in [0.29, 0.717) is 18.6 Å². The summed E-state index contributed by atoms with van der Waals surface area (Å²) >= 11 is 0. The Morgan fingerprint density at radius 1 is 1.36 bits per heavy atom. The highest BCUT2D eigenvalue weighted by Gasteiger charge is 2.46. The number of hydrogen-bond acceptors (Lipinski definition) is 5. The van der Waals surface area contributed by atoms with Gasteiger partial charge in [-0.1, -0.05) is 5.16 Å². The number of aromatic nitrogens is 3. The zero-order valence-corrected chi connectivity index (χ0v) is 14.3. The third-order valence-electron chi connectivity index (χ3n) is 4.88. The number of likely N-dealkylation sites (tertiary alicyclic amines) is 1. The fourth-order valence-electron chi connectivity index (χ4n) is 3.53. The van der Waals surface area contributed by atoms with Crippen LogP contribution in [0.3, 0.4) is 0 Å². The maximum absolute atomic E-state index is 12.5. The lowest BCUT2D eigenvalue weighted by Gasteiger charge is -2.41. The molecule has 1 N–H and O–H groups in total. The topological polar surface area (TPSA) is 93.3 Å². The monoisotopic (exact) mass is 343 g/mol. The molecule has 1 saturated carbocycles. The molecule has 4 rings (SSSR count). The third-order valence-corrected chi connectivity index (χ3v) is 4.88. The van der Waals surface area contributed by atoms with Crippen molar-refractivity contribution >= 4 is 11.8 Å². The van der Waals surface area contributed by atoms with Gasteiger partial charge in [-0.15, -0.1) is 0 Å². The van der Waals surface area contributed by atoms with E-state index in [1.54, 1.807) is 19.2 Å². The van der Waals surface area contributed by atoms with Gasteiger partial charge in [0, 0.05) is 38.0 Å². The number of rotatable bonds is 4. The van der Waals surface area contributed by atoms with Gasteiger partial charge >= 0.3 is 0 Å². The van der Waals surface area contributed by atoms with Gasteiger partial charge in [-0.25, -0.2) is 4.98 Å². The quantitative estimate of drug-likeness (QED) is 0.904. The number of hydrogen-bond donors (Lipinski definition) is 1. The zero-order valence-electron chi connectivity index (χ0n) is 14.3. The van der Waals surface area contributed by atoms with Crippen molar-refractivity contribution in [2.45, 2.75) is 50.7 Å². The molecule has 0 unspecified atom stereocenters. The van der Waals surface area contributed by atoms with Crippen molar-refractivity contribution in [3.8, 4) is 0 Å². The van der Waals surface area contributed by atoms with Crippen LogP contribution >= 0.6 is 0 Å². The number of piperidine rings is 1. The van der Waals surface area contributed by atoms with Gasteiger partial charge in [-0.2, -0.15) is 0 Å². The summed E-state index contributed by atoms with van der Waals surface area (Å²) < 4.78 is 6.90. The van der Waals surface area contributed by atoms with E-state index < -0.39 is 0 Å². The minimum absolute atomic E-state index is 0.137. The second-order valence-corrected chi connectivity index (χ2v) is 6.81. The summed E-state index contributed by atoms with van der Waals surface area (Å²) in [5.41, 5.74) is 0.256. The number of amides is 2. The van der Waals surface area contributed by atoms with Crippen LogP contribution in [-0.4, -0.2) is 43.5 Å². The fraction of sp³-hybridized carbons (Fsp3) is 0.529. The second-order valence-electron chi connectivity index (χ2n) is 6.81. The van der Waals surface area contributed by atoms with Gasteiger partial charge in [0.2, 0.25) is 5.91 Å². The number of nitrogens with one attached hydrogen (secondary N) is 1. The van der Waals surface area contributed by atoms with Crippen LogP contribution in [0.5, 0.6) is 0 Å². The van der Waals surface area contributed by atoms with Crippen LogP contribution < -0.4 is 5.32 Å². The molecule has 0 bridgehead atoms. The first-order valence-electron chi connectivity index (χ1n) is 8.57. The SMILES string of the molecule is Cc1cc(C(=O)N[C@@H]2CCC(=O)N(C3CC3)[C@H]2c2nccn2C)no1. The van der Waals surface area contributed by atoms with E-state index in [2.05, 4.69) is 15.5 Å². The fourth-order valence-corrected chi connectivity index (χ4v) is 3.53. The molecule has 2 aliphatic rings. The zero-order chi connectivity index (χ0) is 17.6. The first-order chi connectivity index (χ1) is 12.0. The Labute approximate surface area is 145 Å². The van der Waals surface area contributed by atoms with E-state index >= 15 is 0 Å². The molecular weight excluding hydrogens is 322 g/mol. The minimum atomic E-state index is -0.286. The van der Waals surface area contributed by atoms with E-state index in [0.717, 1.165) is 18.7 Å². The lowest BCUT2D eigenvalue weighted by atomic mass is 9.94. The first kappa shape index (κ1) is 15.9. The standard InChI is InChI=1S/C17H21N5O3/c1-10-9-13(20-25-10)17(24)19-12-5-6-14(23)22(11-3-4-11)15(12)16-18-7-8-21(16)2/h7-9,11-12,15H,3-6H2,1-2H3,(H,19,24)/t12-,15-/m1/s1. The Balaban J connectivity index is 1.63. The highest BCUT2D eigenvalue weighted by Crippen LogP contribution is 2.40. The average Bonchev–Trinajstić information content (AvgIpc) is 3.18. The minimum Gasteiger partial charge on any atom is -0.361 e. The summed E-state index contributed by atoms with van der Waals surface area (Å²) in [7, 11) is 1.91. The maximum atomic E-state index is 12.5. The van der Waals surface area contributed by atoms with Crippen LogP contribution in [0.1, 0.15) is 53.8 Å². The van der Waals surface area contributed by atoms with Crippen molar-refractivity contribution in [2.75, 3.05) is 0 Å². The average molecular weight is 343 g/mol. The summed E-state index contributed by atoms with van der Waals surface area (Å²) in [6.07, 6.45) is 6.62. The molecule has 1 aliphatic heterocycles. The summed E-state index contributed by atoms with van der Waals surface area (Å²) in [6.45, 7) is 1.74. The summed E-state index contributed by atoms with van der Waals surface area (Å²) in [5, 5.41) is 6.82. The van der Waals surface area contributed by atoms with Crippen LogP contribution in [-0.2, 0) is 11.8 Å². The third kappa shape index (κ3) is 2.92. The molecule has 0 radical (unpaired) electrons. The van der Waals surface area contributed by atoms with E-state index in [9.17, 15) is 9.59 Å². The highest BCUT2D eigenvalue weighted by molar-refractivity contribution is 5.92. The highest BCUT2D eigenvalue weighted by atomic mass is 16.5. The van der Waals surface area contributed by atoms with Gasteiger partial charge in [0.25, 0.3) is 5.91 Å². The molecule has 8 nitrogen and oxygen atoms in total. The van der Waals surface area contributed by atoms with Crippen molar-refractivity contribution < 1.29 is 14.1 Å². The molecule has 2 aromatic heterocycles. The van der Waals surface area contributed by atoms with Crippen LogP contribution in [0, 0.1) is 6.92 Å². The van der Waals surface area contributed by atoms with Crippen molar-refractivity contribution in [1.82, 2.24) is 24.9 Å². The Hall–Kier alpha value is -2.64.